The molecular formula is C19H23FN4O. The van der Waals surface area contributed by atoms with Gasteiger partial charge in [-0.1, -0.05) is 0 Å². The predicted octanol–water partition coefficient (Wildman–Crippen LogP) is 2.31. The molecule has 1 fully saturated rings. The van der Waals surface area contributed by atoms with E-state index in [1.807, 2.05) is 11.8 Å². The number of carbonyl (C=O) groups excluding carboxylic acids is 1. The van der Waals surface area contributed by atoms with Gasteiger partial charge in [-0.25, -0.2) is 9.37 Å². The van der Waals surface area contributed by atoms with E-state index in [-0.39, 0.29) is 17.6 Å². The first-order valence-electron chi connectivity index (χ1n) is 8.94. The van der Waals surface area contributed by atoms with Crippen molar-refractivity contribution in [1.29, 1.82) is 0 Å². The van der Waals surface area contributed by atoms with Crippen molar-refractivity contribution < 1.29 is 9.18 Å². The van der Waals surface area contributed by atoms with Crippen LogP contribution in [0.1, 0.15) is 23.6 Å². The number of aromatic amines is 1. The lowest BCUT2D eigenvalue weighted by molar-refractivity contribution is -0.136. The Morgan fingerprint density at radius 3 is 2.64 bits per heavy atom. The molecule has 1 atom stereocenters. The van der Waals surface area contributed by atoms with Crippen LogP contribution in [0.2, 0.25) is 0 Å². The zero-order chi connectivity index (χ0) is 17.4. The van der Waals surface area contributed by atoms with Gasteiger partial charge in [-0.05, 0) is 44.0 Å². The lowest BCUT2D eigenvalue weighted by Crippen LogP contribution is -2.51. The molecule has 0 saturated carbocycles. The standard InChI is InChI=1S/C19H23FN4O/c1-13-21-17-7-2-14(12-18(17)22-13)19(25)24-10-8-23(9-11-24)16-5-3-15(20)4-6-16/h3-6,14H,2,7-12H2,1H3,(H,21,22)/t14-/m0/s1. The van der Waals surface area contributed by atoms with Crippen molar-refractivity contribution in [2.45, 2.75) is 26.2 Å². The summed E-state index contributed by atoms with van der Waals surface area (Å²) in [4.78, 5) is 24.9. The lowest BCUT2D eigenvalue weighted by Gasteiger charge is -2.38. The van der Waals surface area contributed by atoms with E-state index in [4.69, 9.17) is 0 Å². The van der Waals surface area contributed by atoms with E-state index >= 15 is 0 Å². The molecule has 4 rings (SSSR count). The maximum atomic E-state index is 13.1. The fourth-order valence-electron chi connectivity index (χ4n) is 3.93. The Balaban J connectivity index is 1.36. The van der Waals surface area contributed by atoms with Crippen LogP contribution in [0.25, 0.3) is 0 Å². The van der Waals surface area contributed by atoms with Gasteiger partial charge in [-0.15, -0.1) is 0 Å². The number of hydrogen-bond donors (Lipinski definition) is 1. The zero-order valence-electron chi connectivity index (χ0n) is 14.5. The minimum atomic E-state index is -0.219. The molecule has 25 heavy (non-hydrogen) atoms. The largest absolute Gasteiger partial charge is 0.368 e. The molecule has 1 aliphatic carbocycles. The fraction of sp³-hybridized carbons (Fsp3) is 0.474. The molecule has 0 spiro atoms. The summed E-state index contributed by atoms with van der Waals surface area (Å²) in [6.45, 7) is 4.99. The SMILES string of the molecule is Cc1nc2c([nH]1)C[C@@H](C(=O)N1CCN(c3ccc(F)cc3)CC1)CC2. The van der Waals surface area contributed by atoms with Gasteiger partial charge < -0.3 is 14.8 Å². The molecule has 2 aromatic rings. The monoisotopic (exact) mass is 342 g/mol. The molecule has 1 aliphatic heterocycles. The molecule has 0 unspecified atom stereocenters. The molecule has 132 valence electrons. The number of hydrogen-bond acceptors (Lipinski definition) is 3. The van der Waals surface area contributed by atoms with Crippen LogP contribution in [0.15, 0.2) is 24.3 Å². The first-order valence-corrected chi connectivity index (χ1v) is 8.94. The minimum absolute atomic E-state index is 0.0599. The van der Waals surface area contributed by atoms with Crippen molar-refractivity contribution in [3.8, 4) is 0 Å². The molecule has 6 heteroatoms. The third kappa shape index (κ3) is 3.25. The average molecular weight is 342 g/mol. The van der Waals surface area contributed by atoms with E-state index in [1.165, 1.54) is 12.1 Å². The second-order valence-corrected chi connectivity index (χ2v) is 6.98. The van der Waals surface area contributed by atoms with Crippen molar-refractivity contribution >= 4 is 11.6 Å². The van der Waals surface area contributed by atoms with Crippen molar-refractivity contribution in [2.75, 3.05) is 31.1 Å². The van der Waals surface area contributed by atoms with E-state index in [1.54, 1.807) is 12.1 Å². The normalized spacial score (nSPS) is 20.5. The summed E-state index contributed by atoms with van der Waals surface area (Å²) in [6.07, 6.45) is 2.53. The van der Waals surface area contributed by atoms with Crippen LogP contribution in [0, 0.1) is 18.7 Å². The topological polar surface area (TPSA) is 52.2 Å². The zero-order valence-corrected chi connectivity index (χ0v) is 14.5. The van der Waals surface area contributed by atoms with Crippen LogP contribution in [0.5, 0.6) is 0 Å². The highest BCUT2D eigenvalue weighted by Gasteiger charge is 2.31. The van der Waals surface area contributed by atoms with Crippen molar-refractivity contribution in [2.24, 2.45) is 5.92 Å². The van der Waals surface area contributed by atoms with Crippen LogP contribution in [0.4, 0.5) is 10.1 Å². The highest BCUT2D eigenvalue weighted by Crippen LogP contribution is 2.26. The number of imidazole rings is 1. The van der Waals surface area contributed by atoms with E-state index in [2.05, 4.69) is 14.9 Å². The summed E-state index contributed by atoms with van der Waals surface area (Å²) in [7, 11) is 0. The number of H-pyrrole nitrogens is 1. The number of fused-ring (bicyclic) bond motifs is 1. The van der Waals surface area contributed by atoms with E-state index in [9.17, 15) is 9.18 Å². The number of carbonyl (C=O) groups is 1. The molecule has 1 N–H and O–H groups in total. The van der Waals surface area contributed by atoms with Gasteiger partial charge in [0, 0.05) is 49.9 Å². The van der Waals surface area contributed by atoms with Gasteiger partial charge in [0.2, 0.25) is 5.91 Å². The van der Waals surface area contributed by atoms with Crippen LogP contribution >= 0.6 is 0 Å². The average Bonchev–Trinajstić information content (AvgIpc) is 3.01. The van der Waals surface area contributed by atoms with Gasteiger partial charge >= 0.3 is 0 Å². The Hall–Kier alpha value is -2.37. The number of nitrogens with one attached hydrogen (secondary N) is 1. The van der Waals surface area contributed by atoms with E-state index in [0.29, 0.717) is 0 Å². The Kier molecular flexibility index (Phi) is 4.19. The predicted molar refractivity (Wildman–Crippen MR) is 94.0 cm³/mol. The summed E-state index contributed by atoms with van der Waals surface area (Å²) in [6, 6.07) is 6.57. The molecule has 1 aromatic heterocycles. The molecule has 2 heterocycles. The number of amides is 1. The molecule has 1 aromatic carbocycles. The first-order chi connectivity index (χ1) is 12.1. The van der Waals surface area contributed by atoms with Crippen molar-refractivity contribution in [3.05, 3.63) is 47.3 Å². The second-order valence-electron chi connectivity index (χ2n) is 6.98. The summed E-state index contributed by atoms with van der Waals surface area (Å²) < 4.78 is 13.1. The Morgan fingerprint density at radius 1 is 1.20 bits per heavy atom. The molecule has 1 amide bonds. The molecule has 0 bridgehead atoms. The number of halogens is 1. The van der Waals surface area contributed by atoms with Gasteiger partial charge in [0.25, 0.3) is 0 Å². The lowest BCUT2D eigenvalue weighted by atomic mass is 9.88. The highest BCUT2D eigenvalue weighted by molar-refractivity contribution is 5.79. The van der Waals surface area contributed by atoms with Crippen LogP contribution in [-0.2, 0) is 17.6 Å². The number of piperazine rings is 1. The number of nitrogens with zero attached hydrogens (tertiary/aromatic N) is 3. The number of aromatic nitrogens is 2. The fourth-order valence-corrected chi connectivity index (χ4v) is 3.93. The van der Waals surface area contributed by atoms with E-state index < -0.39 is 0 Å². The smallest absolute Gasteiger partial charge is 0.226 e. The molecule has 0 radical (unpaired) electrons. The van der Waals surface area contributed by atoms with Gasteiger partial charge in [-0.3, -0.25) is 4.79 Å². The summed E-state index contributed by atoms with van der Waals surface area (Å²) in [5.74, 6) is 1.04. The maximum Gasteiger partial charge on any atom is 0.226 e. The number of rotatable bonds is 2. The third-order valence-electron chi connectivity index (χ3n) is 5.30. The Bertz CT molecular complexity index is 762. The molecule has 5 nitrogen and oxygen atoms in total. The Labute approximate surface area is 146 Å². The van der Waals surface area contributed by atoms with Gasteiger partial charge in [0.1, 0.15) is 11.6 Å². The number of anilines is 1. The summed E-state index contributed by atoms with van der Waals surface area (Å²) >= 11 is 0. The van der Waals surface area contributed by atoms with Gasteiger partial charge in [0.15, 0.2) is 0 Å². The van der Waals surface area contributed by atoms with Crippen LogP contribution in [-0.4, -0.2) is 47.0 Å². The third-order valence-corrected chi connectivity index (χ3v) is 5.30. The first kappa shape index (κ1) is 16.1. The molecule has 2 aliphatic rings. The number of aryl methyl sites for hydroxylation is 2. The maximum absolute atomic E-state index is 13.1. The molecular weight excluding hydrogens is 319 g/mol. The van der Waals surface area contributed by atoms with Crippen LogP contribution < -0.4 is 4.90 Å². The van der Waals surface area contributed by atoms with E-state index in [0.717, 1.165) is 68.3 Å². The number of benzene rings is 1. The van der Waals surface area contributed by atoms with Crippen LogP contribution in [0.3, 0.4) is 0 Å². The van der Waals surface area contributed by atoms with Gasteiger partial charge in [0.05, 0.1) is 5.69 Å². The van der Waals surface area contributed by atoms with Gasteiger partial charge in [-0.2, -0.15) is 0 Å². The summed E-state index contributed by atoms with van der Waals surface area (Å²) in [5, 5.41) is 0. The second kappa shape index (κ2) is 6.50. The van der Waals surface area contributed by atoms with Crippen molar-refractivity contribution in [1.82, 2.24) is 14.9 Å². The highest BCUT2D eigenvalue weighted by atomic mass is 19.1. The minimum Gasteiger partial charge on any atom is -0.368 e. The van der Waals surface area contributed by atoms with Crippen molar-refractivity contribution in [3.63, 3.8) is 0 Å². The summed E-state index contributed by atoms with van der Waals surface area (Å²) in [5.41, 5.74) is 3.28. The Morgan fingerprint density at radius 2 is 1.92 bits per heavy atom. The molecule has 1 saturated heterocycles. The quantitative estimate of drug-likeness (QED) is 0.911.